The highest BCUT2D eigenvalue weighted by Gasteiger charge is 2.01. The lowest BCUT2D eigenvalue weighted by Gasteiger charge is -2.18. The number of likely N-dealkylation sites (N-methyl/N-ethyl adjacent to an activating group) is 1. The quantitative estimate of drug-likeness (QED) is 0.562. The monoisotopic (exact) mass is 187 g/mol. The first-order chi connectivity index (χ1) is 4.18. The van der Waals surface area contributed by atoms with Gasteiger partial charge in [0.05, 0.1) is 0 Å². The van der Waals surface area contributed by atoms with Crippen molar-refractivity contribution in [1.82, 2.24) is 4.90 Å². The lowest BCUT2D eigenvalue weighted by atomic mass is 10.2. The highest BCUT2D eigenvalue weighted by molar-refractivity contribution is 9.11. The topological polar surface area (TPSA) is 3.24 Å². The predicted molar refractivity (Wildman–Crippen MR) is 43.4 cm³/mol. The van der Waals surface area contributed by atoms with Crippen molar-refractivity contribution in [3.8, 4) is 0 Å². The van der Waals surface area contributed by atoms with Gasteiger partial charge in [-0.1, -0.05) is 15.9 Å². The fourth-order valence-electron chi connectivity index (χ4n) is 0.961. The molecule has 1 nitrogen and oxygen atoms in total. The van der Waals surface area contributed by atoms with Gasteiger partial charge in [-0.3, -0.25) is 0 Å². The molecule has 1 heterocycles. The van der Waals surface area contributed by atoms with E-state index in [1.54, 1.807) is 0 Å². The Balaban J connectivity index is 2.74. The summed E-state index contributed by atoms with van der Waals surface area (Å²) in [6, 6.07) is 0. The van der Waals surface area contributed by atoms with Gasteiger partial charge in [-0.25, -0.2) is 0 Å². The van der Waals surface area contributed by atoms with Crippen molar-refractivity contribution in [3.63, 3.8) is 0 Å². The molecule has 0 saturated heterocycles. The smallest absolute Gasteiger partial charge is 0.0486 e. The van der Waals surface area contributed by atoms with Gasteiger partial charge in [0.25, 0.3) is 0 Å². The van der Waals surface area contributed by atoms with Gasteiger partial charge < -0.3 is 4.90 Å². The standard InChI is InChI=1S/C7H10BrN/c1-6-3-7(8)5-9(2)4-6/h3-4H,5H2,1-2H3. The van der Waals surface area contributed by atoms with Crippen molar-refractivity contribution in [2.75, 3.05) is 13.6 Å². The summed E-state index contributed by atoms with van der Waals surface area (Å²) >= 11 is 3.45. The molecule has 0 aromatic rings. The average molecular weight is 188 g/mol. The fraction of sp³-hybridized carbons (Fsp3) is 0.429. The summed E-state index contributed by atoms with van der Waals surface area (Å²) < 4.78 is 1.25. The first kappa shape index (κ1) is 6.87. The Morgan fingerprint density at radius 1 is 1.67 bits per heavy atom. The maximum Gasteiger partial charge on any atom is 0.0486 e. The molecule has 0 fully saturated rings. The van der Waals surface area contributed by atoms with E-state index in [0.717, 1.165) is 6.54 Å². The number of nitrogens with zero attached hydrogens (tertiary/aromatic N) is 1. The molecule has 0 saturated carbocycles. The molecule has 0 amide bonds. The Kier molecular flexibility index (Phi) is 1.96. The normalized spacial score (nSPS) is 19.2. The van der Waals surface area contributed by atoms with Crippen LogP contribution in [0.5, 0.6) is 0 Å². The van der Waals surface area contributed by atoms with Crippen LogP contribution in [0, 0.1) is 0 Å². The maximum atomic E-state index is 3.45. The molecule has 0 spiro atoms. The number of rotatable bonds is 0. The predicted octanol–water partition coefficient (Wildman–Crippen LogP) is 2.11. The Hall–Kier alpha value is -0.240. The summed E-state index contributed by atoms with van der Waals surface area (Å²) in [6.07, 6.45) is 4.27. The second-order valence-electron chi connectivity index (χ2n) is 2.38. The molecular weight excluding hydrogens is 178 g/mol. The average Bonchev–Trinajstić information content (AvgIpc) is 1.59. The fourth-order valence-corrected chi connectivity index (χ4v) is 1.72. The highest BCUT2D eigenvalue weighted by atomic mass is 79.9. The van der Waals surface area contributed by atoms with Crippen LogP contribution in [-0.4, -0.2) is 18.5 Å². The molecule has 1 rings (SSSR count). The molecule has 9 heavy (non-hydrogen) atoms. The first-order valence-electron chi connectivity index (χ1n) is 2.93. The minimum Gasteiger partial charge on any atom is -0.375 e. The second-order valence-corrected chi connectivity index (χ2v) is 3.40. The Labute approximate surface area is 64.2 Å². The van der Waals surface area contributed by atoms with E-state index >= 15 is 0 Å². The van der Waals surface area contributed by atoms with Gasteiger partial charge in [0.15, 0.2) is 0 Å². The molecule has 2 heteroatoms. The summed E-state index contributed by atoms with van der Waals surface area (Å²) in [4.78, 5) is 2.15. The SMILES string of the molecule is CC1=CN(C)CC(Br)=C1. The van der Waals surface area contributed by atoms with Crippen molar-refractivity contribution in [2.24, 2.45) is 0 Å². The van der Waals surface area contributed by atoms with Crippen LogP contribution in [0.25, 0.3) is 0 Å². The van der Waals surface area contributed by atoms with Gasteiger partial charge in [-0.05, 0) is 18.6 Å². The summed E-state index contributed by atoms with van der Waals surface area (Å²) in [5, 5.41) is 0. The Morgan fingerprint density at radius 3 is 2.78 bits per heavy atom. The molecule has 0 atom stereocenters. The van der Waals surface area contributed by atoms with E-state index in [1.165, 1.54) is 10.1 Å². The molecule has 0 aliphatic carbocycles. The number of hydrogen-bond acceptors (Lipinski definition) is 1. The molecule has 0 N–H and O–H groups in total. The lowest BCUT2D eigenvalue weighted by Crippen LogP contribution is -2.15. The number of halogens is 1. The Bertz CT molecular complexity index is 170. The van der Waals surface area contributed by atoms with Crippen LogP contribution in [0.3, 0.4) is 0 Å². The third-order valence-corrected chi connectivity index (χ3v) is 1.69. The Morgan fingerprint density at radius 2 is 2.33 bits per heavy atom. The van der Waals surface area contributed by atoms with Gasteiger partial charge in [-0.15, -0.1) is 0 Å². The zero-order valence-electron chi connectivity index (χ0n) is 5.69. The maximum absolute atomic E-state index is 3.45. The molecule has 1 aliphatic rings. The summed E-state index contributed by atoms with van der Waals surface area (Å²) in [5.41, 5.74) is 1.30. The molecule has 0 aromatic heterocycles. The van der Waals surface area contributed by atoms with Crippen LogP contribution in [0.15, 0.2) is 22.3 Å². The molecule has 50 valence electrons. The number of allylic oxidation sites excluding steroid dienone is 2. The van der Waals surface area contributed by atoms with Crippen LogP contribution < -0.4 is 0 Å². The number of hydrogen-bond donors (Lipinski definition) is 0. The zero-order chi connectivity index (χ0) is 6.85. The third kappa shape index (κ3) is 1.86. The highest BCUT2D eigenvalue weighted by Crippen LogP contribution is 2.15. The summed E-state index contributed by atoms with van der Waals surface area (Å²) in [5.74, 6) is 0. The zero-order valence-corrected chi connectivity index (χ0v) is 7.27. The van der Waals surface area contributed by atoms with E-state index in [1.807, 2.05) is 0 Å². The molecule has 0 aromatic carbocycles. The first-order valence-corrected chi connectivity index (χ1v) is 3.72. The summed E-state index contributed by atoms with van der Waals surface area (Å²) in [7, 11) is 2.07. The van der Waals surface area contributed by atoms with Gasteiger partial charge in [0, 0.05) is 24.3 Å². The van der Waals surface area contributed by atoms with Crippen molar-refractivity contribution in [3.05, 3.63) is 22.3 Å². The van der Waals surface area contributed by atoms with E-state index in [2.05, 4.69) is 47.1 Å². The lowest BCUT2D eigenvalue weighted by molar-refractivity contribution is 0.497. The van der Waals surface area contributed by atoms with E-state index in [4.69, 9.17) is 0 Å². The van der Waals surface area contributed by atoms with Crippen LogP contribution >= 0.6 is 15.9 Å². The van der Waals surface area contributed by atoms with Gasteiger partial charge in [0.1, 0.15) is 0 Å². The second kappa shape index (κ2) is 2.56. The van der Waals surface area contributed by atoms with Crippen LogP contribution in [-0.2, 0) is 0 Å². The van der Waals surface area contributed by atoms with Crippen LogP contribution in [0.2, 0.25) is 0 Å². The molecule has 0 unspecified atom stereocenters. The molecule has 0 bridgehead atoms. The van der Waals surface area contributed by atoms with E-state index in [0.29, 0.717) is 0 Å². The summed E-state index contributed by atoms with van der Waals surface area (Å²) in [6.45, 7) is 3.09. The van der Waals surface area contributed by atoms with Crippen molar-refractivity contribution in [1.29, 1.82) is 0 Å². The minimum atomic E-state index is 0.997. The van der Waals surface area contributed by atoms with E-state index < -0.39 is 0 Å². The van der Waals surface area contributed by atoms with Crippen molar-refractivity contribution < 1.29 is 0 Å². The third-order valence-electron chi connectivity index (χ3n) is 1.21. The van der Waals surface area contributed by atoms with E-state index in [-0.39, 0.29) is 0 Å². The van der Waals surface area contributed by atoms with Crippen molar-refractivity contribution >= 4 is 15.9 Å². The largest absolute Gasteiger partial charge is 0.375 e. The van der Waals surface area contributed by atoms with Gasteiger partial charge in [0.2, 0.25) is 0 Å². The van der Waals surface area contributed by atoms with E-state index in [9.17, 15) is 0 Å². The van der Waals surface area contributed by atoms with Gasteiger partial charge >= 0.3 is 0 Å². The van der Waals surface area contributed by atoms with Crippen LogP contribution in [0.4, 0.5) is 0 Å². The minimum absolute atomic E-state index is 0.997. The van der Waals surface area contributed by atoms with Crippen molar-refractivity contribution in [2.45, 2.75) is 6.92 Å². The molecule has 0 radical (unpaired) electrons. The van der Waals surface area contributed by atoms with Crippen LogP contribution in [0.1, 0.15) is 6.92 Å². The van der Waals surface area contributed by atoms with Gasteiger partial charge in [-0.2, -0.15) is 0 Å². The molecule has 1 aliphatic heterocycles. The molecular formula is C7H10BrN.